The number of aromatic nitrogens is 2. The number of ether oxygens (including phenoxy) is 1. The van der Waals surface area contributed by atoms with Crippen molar-refractivity contribution in [3.63, 3.8) is 0 Å². The van der Waals surface area contributed by atoms with E-state index in [9.17, 15) is 0 Å². The lowest BCUT2D eigenvalue weighted by molar-refractivity contribution is 0.295. The van der Waals surface area contributed by atoms with Crippen molar-refractivity contribution >= 4 is 17.2 Å². The van der Waals surface area contributed by atoms with Crippen molar-refractivity contribution in [2.24, 2.45) is 5.73 Å². The molecule has 0 unspecified atom stereocenters. The molecule has 21 heavy (non-hydrogen) atoms. The summed E-state index contributed by atoms with van der Waals surface area (Å²) in [5, 5.41) is 0. The summed E-state index contributed by atoms with van der Waals surface area (Å²) in [5.74, 6) is 0.749. The van der Waals surface area contributed by atoms with Crippen molar-refractivity contribution < 1.29 is 4.74 Å². The Hall–Kier alpha value is -1.88. The highest BCUT2D eigenvalue weighted by Gasteiger charge is 2.15. The average molecular weight is 301 g/mol. The number of aryl methyl sites for hydroxylation is 1. The number of imidazole rings is 1. The number of nitrogens with zero attached hydrogens (tertiary/aromatic N) is 2. The van der Waals surface area contributed by atoms with E-state index in [4.69, 9.17) is 22.7 Å². The summed E-state index contributed by atoms with van der Waals surface area (Å²) in [5.41, 5.74) is 9.12. The van der Waals surface area contributed by atoms with Gasteiger partial charge in [-0.2, -0.15) is 0 Å². The SMILES string of the molecule is NC(=S)c1ccccc1OCCn1cnc2c1CCCC2. The van der Waals surface area contributed by atoms with Crippen LogP contribution in [0.3, 0.4) is 0 Å². The lowest BCUT2D eigenvalue weighted by atomic mass is 10.0. The van der Waals surface area contributed by atoms with Crippen LogP contribution in [-0.2, 0) is 19.4 Å². The van der Waals surface area contributed by atoms with Gasteiger partial charge in [0.05, 0.1) is 24.1 Å². The lowest BCUT2D eigenvalue weighted by Gasteiger charge is -2.15. The van der Waals surface area contributed by atoms with Crippen molar-refractivity contribution in [3.05, 3.63) is 47.5 Å². The zero-order chi connectivity index (χ0) is 14.7. The molecule has 1 aliphatic rings. The van der Waals surface area contributed by atoms with Crippen LogP contribution in [0.15, 0.2) is 30.6 Å². The fourth-order valence-electron chi connectivity index (χ4n) is 2.77. The molecule has 4 nitrogen and oxygen atoms in total. The molecule has 0 saturated carbocycles. The molecule has 1 aromatic carbocycles. The number of nitrogens with two attached hydrogens (primary N) is 1. The maximum absolute atomic E-state index is 5.85. The van der Waals surface area contributed by atoms with Gasteiger partial charge in [-0.3, -0.25) is 0 Å². The Bertz CT molecular complexity index is 651. The van der Waals surface area contributed by atoms with Gasteiger partial charge < -0.3 is 15.0 Å². The van der Waals surface area contributed by atoms with Gasteiger partial charge in [0.1, 0.15) is 17.3 Å². The van der Waals surface area contributed by atoms with E-state index < -0.39 is 0 Å². The topological polar surface area (TPSA) is 53.1 Å². The van der Waals surface area contributed by atoms with Crippen LogP contribution in [0.25, 0.3) is 0 Å². The first-order valence-corrected chi connectivity index (χ1v) is 7.71. The second-order valence-corrected chi connectivity index (χ2v) is 5.69. The molecule has 5 heteroatoms. The van der Waals surface area contributed by atoms with Crippen LogP contribution in [0, 0.1) is 0 Å². The van der Waals surface area contributed by atoms with Crippen molar-refractivity contribution in [1.29, 1.82) is 0 Å². The maximum Gasteiger partial charge on any atom is 0.129 e. The molecule has 0 bridgehead atoms. The van der Waals surface area contributed by atoms with Gasteiger partial charge in [-0.1, -0.05) is 24.4 Å². The Morgan fingerprint density at radius 2 is 2.10 bits per heavy atom. The van der Waals surface area contributed by atoms with Crippen LogP contribution in [0.2, 0.25) is 0 Å². The number of thiocarbonyl (C=S) groups is 1. The maximum atomic E-state index is 5.85. The Morgan fingerprint density at radius 1 is 1.29 bits per heavy atom. The van der Waals surface area contributed by atoms with Crippen LogP contribution in [0.4, 0.5) is 0 Å². The molecule has 2 N–H and O–H groups in total. The highest BCUT2D eigenvalue weighted by Crippen LogP contribution is 2.21. The molecule has 0 saturated heterocycles. The summed E-state index contributed by atoms with van der Waals surface area (Å²) in [6, 6.07) is 7.62. The van der Waals surface area contributed by atoms with Crippen molar-refractivity contribution in [2.45, 2.75) is 32.2 Å². The summed E-state index contributed by atoms with van der Waals surface area (Å²) >= 11 is 5.04. The standard InChI is InChI=1S/C16H19N3OS/c17-16(21)12-5-1-4-8-15(12)20-10-9-19-11-18-13-6-2-3-7-14(13)19/h1,4-5,8,11H,2-3,6-7,9-10H2,(H2,17,21). The summed E-state index contributed by atoms with van der Waals surface area (Å²) in [6.07, 6.45) is 6.66. The van der Waals surface area contributed by atoms with E-state index in [0.29, 0.717) is 11.6 Å². The van der Waals surface area contributed by atoms with E-state index in [-0.39, 0.29) is 0 Å². The largest absolute Gasteiger partial charge is 0.491 e. The molecule has 0 amide bonds. The molecule has 110 valence electrons. The minimum absolute atomic E-state index is 0.366. The predicted molar refractivity (Wildman–Crippen MR) is 86.7 cm³/mol. The van der Waals surface area contributed by atoms with Gasteiger partial charge in [-0.25, -0.2) is 4.98 Å². The molecule has 1 aliphatic carbocycles. The van der Waals surface area contributed by atoms with E-state index in [0.717, 1.165) is 30.7 Å². The minimum atomic E-state index is 0.366. The molecule has 0 aliphatic heterocycles. The van der Waals surface area contributed by atoms with E-state index in [1.54, 1.807) is 0 Å². The smallest absolute Gasteiger partial charge is 0.129 e. The third-order valence-electron chi connectivity index (χ3n) is 3.85. The molecule has 1 aromatic heterocycles. The average Bonchev–Trinajstić information content (AvgIpc) is 2.91. The fraction of sp³-hybridized carbons (Fsp3) is 0.375. The van der Waals surface area contributed by atoms with Gasteiger partial charge in [0.2, 0.25) is 0 Å². The van der Waals surface area contributed by atoms with Gasteiger partial charge in [-0.05, 0) is 37.8 Å². The Morgan fingerprint density at radius 3 is 2.95 bits per heavy atom. The summed E-state index contributed by atoms with van der Waals surface area (Å²) in [7, 11) is 0. The van der Waals surface area contributed by atoms with E-state index in [1.807, 2.05) is 30.6 Å². The zero-order valence-corrected chi connectivity index (χ0v) is 12.7. The van der Waals surface area contributed by atoms with E-state index in [1.165, 1.54) is 24.2 Å². The van der Waals surface area contributed by atoms with Crippen LogP contribution in [-0.4, -0.2) is 21.1 Å². The normalized spacial score (nSPS) is 13.7. The minimum Gasteiger partial charge on any atom is -0.491 e. The van der Waals surface area contributed by atoms with Crippen LogP contribution in [0.5, 0.6) is 5.75 Å². The lowest BCUT2D eigenvalue weighted by Crippen LogP contribution is -2.15. The fourth-order valence-corrected chi connectivity index (χ4v) is 2.94. The molecule has 1 heterocycles. The Balaban J connectivity index is 1.64. The first kappa shape index (κ1) is 14.1. The van der Waals surface area contributed by atoms with E-state index in [2.05, 4.69) is 9.55 Å². The van der Waals surface area contributed by atoms with Gasteiger partial charge in [0.15, 0.2) is 0 Å². The number of rotatable bonds is 5. The van der Waals surface area contributed by atoms with Gasteiger partial charge in [0, 0.05) is 5.69 Å². The molecule has 2 aromatic rings. The zero-order valence-electron chi connectivity index (χ0n) is 11.9. The second kappa shape index (κ2) is 6.26. The molecule has 0 radical (unpaired) electrons. The van der Waals surface area contributed by atoms with Crippen LogP contribution in [0.1, 0.15) is 29.8 Å². The predicted octanol–water partition coefficient (Wildman–Crippen LogP) is 2.48. The highest BCUT2D eigenvalue weighted by atomic mass is 32.1. The number of para-hydroxylation sites is 1. The summed E-state index contributed by atoms with van der Waals surface area (Å²) < 4.78 is 8.05. The molecular weight excluding hydrogens is 282 g/mol. The highest BCUT2D eigenvalue weighted by molar-refractivity contribution is 7.80. The van der Waals surface area contributed by atoms with Crippen molar-refractivity contribution in [1.82, 2.24) is 9.55 Å². The van der Waals surface area contributed by atoms with Gasteiger partial charge in [-0.15, -0.1) is 0 Å². The summed E-state index contributed by atoms with van der Waals surface area (Å²) in [4.78, 5) is 4.86. The van der Waals surface area contributed by atoms with Crippen LogP contribution < -0.4 is 10.5 Å². The first-order valence-electron chi connectivity index (χ1n) is 7.30. The Kier molecular flexibility index (Phi) is 4.20. The second-order valence-electron chi connectivity index (χ2n) is 5.25. The molecule has 0 atom stereocenters. The van der Waals surface area contributed by atoms with Crippen molar-refractivity contribution in [3.8, 4) is 5.75 Å². The quantitative estimate of drug-likeness (QED) is 0.862. The first-order chi connectivity index (χ1) is 10.3. The monoisotopic (exact) mass is 301 g/mol. The van der Waals surface area contributed by atoms with Gasteiger partial charge >= 0.3 is 0 Å². The summed E-state index contributed by atoms with van der Waals surface area (Å²) in [6.45, 7) is 1.39. The third-order valence-corrected chi connectivity index (χ3v) is 4.07. The molecule has 0 fully saturated rings. The van der Waals surface area contributed by atoms with E-state index >= 15 is 0 Å². The van der Waals surface area contributed by atoms with Crippen LogP contribution >= 0.6 is 12.2 Å². The Labute approximate surface area is 129 Å². The molecule has 3 rings (SSSR count). The number of fused-ring (bicyclic) bond motifs is 1. The van der Waals surface area contributed by atoms with Gasteiger partial charge in [0.25, 0.3) is 0 Å². The number of hydrogen-bond acceptors (Lipinski definition) is 3. The molecular formula is C16H19N3OS. The molecule has 0 spiro atoms. The third kappa shape index (κ3) is 3.08. The van der Waals surface area contributed by atoms with Crippen molar-refractivity contribution in [2.75, 3.05) is 6.61 Å². The number of hydrogen-bond donors (Lipinski definition) is 1. The number of benzene rings is 1.